The fourth-order valence-corrected chi connectivity index (χ4v) is 5.70. The number of nitriles is 2. The van der Waals surface area contributed by atoms with E-state index in [1.807, 2.05) is 36.6 Å². The summed E-state index contributed by atoms with van der Waals surface area (Å²) >= 11 is 2.54. The summed E-state index contributed by atoms with van der Waals surface area (Å²) in [6.07, 6.45) is 0.135. The molecule has 0 atom stereocenters. The number of thioether (sulfide) groups is 1. The van der Waals surface area contributed by atoms with Crippen molar-refractivity contribution in [2.45, 2.75) is 18.4 Å². The molecule has 0 aliphatic rings. The third-order valence-corrected chi connectivity index (χ3v) is 7.77. The number of anilines is 2. The number of nitrogen functional groups attached to an aromatic ring is 1. The van der Waals surface area contributed by atoms with Crippen LogP contribution in [0.25, 0.3) is 22.4 Å². The van der Waals surface area contributed by atoms with Gasteiger partial charge < -0.3 is 25.3 Å². The Bertz CT molecular complexity index is 1650. The van der Waals surface area contributed by atoms with E-state index in [1.165, 1.54) is 44.4 Å². The molecule has 0 radical (unpaired) electrons. The maximum absolute atomic E-state index is 12.7. The summed E-state index contributed by atoms with van der Waals surface area (Å²) in [5, 5.41) is 25.5. The number of rotatable bonds is 10. The van der Waals surface area contributed by atoms with Crippen LogP contribution in [0.15, 0.2) is 46.8 Å². The van der Waals surface area contributed by atoms with Gasteiger partial charge in [0.1, 0.15) is 28.5 Å². The molecule has 0 aliphatic carbocycles. The van der Waals surface area contributed by atoms with Crippen LogP contribution >= 0.6 is 23.1 Å². The van der Waals surface area contributed by atoms with Gasteiger partial charge in [0, 0.05) is 28.7 Å². The first-order chi connectivity index (χ1) is 19.8. The van der Waals surface area contributed by atoms with Gasteiger partial charge in [-0.1, -0.05) is 29.8 Å². The van der Waals surface area contributed by atoms with Crippen molar-refractivity contribution < 1.29 is 19.0 Å². The number of ether oxygens (including phenoxy) is 3. The van der Waals surface area contributed by atoms with Gasteiger partial charge in [-0.3, -0.25) is 4.79 Å². The standard InChI is InChI=1S/C29H26N6O4S2/c1-16-5-7-17(8-6-16)21-15-41-29(33-21)34-24(36)9-10-40-28-20(14-31)25(19(13-30)27(32)35-28)18-11-22(37-2)26(39-4)23(12-18)38-3/h5-8,11-12,15H,9-10H2,1-4H3,(H2,32,35)(H,33,34,36). The normalized spacial score (nSPS) is 10.4. The van der Waals surface area contributed by atoms with Crippen LogP contribution < -0.4 is 25.3 Å². The molecule has 0 saturated carbocycles. The van der Waals surface area contributed by atoms with Crippen LogP contribution in [-0.2, 0) is 4.79 Å². The number of nitrogens with one attached hydrogen (secondary N) is 1. The fraction of sp³-hybridized carbons (Fsp3) is 0.207. The van der Waals surface area contributed by atoms with Crippen molar-refractivity contribution in [3.63, 3.8) is 0 Å². The van der Waals surface area contributed by atoms with E-state index >= 15 is 0 Å². The molecule has 0 saturated heterocycles. The summed E-state index contributed by atoms with van der Waals surface area (Å²) in [5.41, 5.74) is 10.0. The largest absolute Gasteiger partial charge is 0.493 e. The van der Waals surface area contributed by atoms with Gasteiger partial charge in [0.15, 0.2) is 16.6 Å². The molecule has 12 heteroatoms. The van der Waals surface area contributed by atoms with Crippen molar-refractivity contribution >= 4 is 40.0 Å². The molecule has 0 aliphatic heterocycles. The number of thiazole rings is 1. The SMILES string of the molecule is COc1cc(-c2c(C#N)c(N)nc(SCCC(=O)Nc3nc(-c4ccc(C)cc4)cs3)c2C#N)cc(OC)c1OC. The molecule has 41 heavy (non-hydrogen) atoms. The third-order valence-electron chi connectivity index (χ3n) is 6.03. The molecule has 4 rings (SSSR count). The summed E-state index contributed by atoms with van der Waals surface area (Å²) < 4.78 is 16.3. The van der Waals surface area contributed by atoms with Crippen LogP contribution in [0, 0.1) is 29.6 Å². The number of carbonyl (C=O) groups excluding carboxylic acids is 1. The van der Waals surface area contributed by atoms with Crippen LogP contribution in [-0.4, -0.2) is 43.0 Å². The molecule has 2 aromatic carbocycles. The number of aryl methyl sites for hydroxylation is 1. The van der Waals surface area contributed by atoms with Crippen molar-refractivity contribution in [1.82, 2.24) is 9.97 Å². The average Bonchev–Trinajstić information content (AvgIpc) is 3.44. The van der Waals surface area contributed by atoms with Crippen LogP contribution in [0.4, 0.5) is 10.9 Å². The minimum absolute atomic E-state index is 0.0337. The maximum atomic E-state index is 12.7. The van der Waals surface area contributed by atoms with E-state index in [4.69, 9.17) is 19.9 Å². The maximum Gasteiger partial charge on any atom is 0.226 e. The van der Waals surface area contributed by atoms with Gasteiger partial charge in [-0.15, -0.1) is 23.1 Å². The summed E-state index contributed by atoms with van der Waals surface area (Å²) in [4.78, 5) is 21.5. The summed E-state index contributed by atoms with van der Waals surface area (Å²) in [6, 6.07) is 15.5. The summed E-state index contributed by atoms with van der Waals surface area (Å²) in [6.45, 7) is 2.02. The third kappa shape index (κ3) is 6.35. The Morgan fingerprint density at radius 3 is 2.24 bits per heavy atom. The molecule has 0 fully saturated rings. The van der Waals surface area contributed by atoms with Gasteiger partial charge in [-0.05, 0) is 24.6 Å². The number of methoxy groups -OCH3 is 3. The Kier molecular flexibility index (Phi) is 9.30. The monoisotopic (exact) mass is 586 g/mol. The lowest BCUT2D eigenvalue weighted by Crippen LogP contribution is -2.12. The number of benzene rings is 2. The lowest BCUT2D eigenvalue weighted by atomic mass is 9.96. The lowest BCUT2D eigenvalue weighted by molar-refractivity contribution is -0.115. The van der Waals surface area contributed by atoms with Gasteiger partial charge in [0.25, 0.3) is 0 Å². The van der Waals surface area contributed by atoms with Gasteiger partial charge in [0.2, 0.25) is 11.7 Å². The zero-order chi connectivity index (χ0) is 29.5. The topological polar surface area (TPSA) is 156 Å². The first kappa shape index (κ1) is 29.2. The second-order valence-electron chi connectivity index (χ2n) is 8.62. The Morgan fingerprint density at radius 1 is 1.00 bits per heavy atom. The Hall–Kier alpha value is -4.78. The highest BCUT2D eigenvalue weighted by Crippen LogP contribution is 2.44. The molecule has 2 aromatic heterocycles. The van der Waals surface area contributed by atoms with Gasteiger partial charge in [-0.25, -0.2) is 9.97 Å². The first-order valence-corrected chi connectivity index (χ1v) is 14.1. The van der Waals surface area contributed by atoms with Gasteiger partial charge >= 0.3 is 0 Å². The Morgan fingerprint density at radius 2 is 1.66 bits per heavy atom. The predicted molar refractivity (Wildman–Crippen MR) is 159 cm³/mol. The molecular formula is C29H26N6O4S2. The van der Waals surface area contributed by atoms with Crippen LogP contribution in [0.5, 0.6) is 17.2 Å². The van der Waals surface area contributed by atoms with Gasteiger partial charge in [0.05, 0.1) is 32.6 Å². The summed E-state index contributed by atoms with van der Waals surface area (Å²) in [7, 11) is 4.42. The summed E-state index contributed by atoms with van der Waals surface area (Å²) in [5.74, 6) is 1.11. The zero-order valence-corrected chi connectivity index (χ0v) is 24.4. The van der Waals surface area contributed by atoms with E-state index in [9.17, 15) is 15.3 Å². The highest BCUT2D eigenvalue weighted by Gasteiger charge is 2.24. The fourth-order valence-electron chi connectivity index (χ4n) is 4.03. The predicted octanol–water partition coefficient (Wildman–Crippen LogP) is 5.65. The second kappa shape index (κ2) is 13.0. The molecule has 0 spiro atoms. The van der Waals surface area contributed by atoms with E-state index in [0.29, 0.717) is 44.3 Å². The van der Waals surface area contributed by atoms with Crippen molar-refractivity contribution in [1.29, 1.82) is 10.5 Å². The average molecular weight is 587 g/mol. The number of aromatic nitrogens is 2. The van der Waals surface area contributed by atoms with Crippen molar-refractivity contribution in [2.24, 2.45) is 0 Å². The van der Waals surface area contributed by atoms with E-state index < -0.39 is 0 Å². The first-order valence-electron chi connectivity index (χ1n) is 12.2. The van der Waals surface area contributed by atoms with E-state index in [2.05, 4.69) is 27.4 Å². The molecular weight excluding hydrogens is 560 g/mol. The number of pyridine rings is 1. The number of hydrogen-bond donors (Lipinski definition) is 2. The quantitative estimate of drug-likeness (QED) is 0.222. The molecule has 10 nitrogen and oxygen atoms in total. The Balaban J connectivity index is 1.54. The van der Waals surface area contributed by atoms with Crippen molar-refractivity contribution in [2.75, 3.05) is 38.1 Å². The molecule has 0 unspecified atom stereocenters. The van der Waals surface area contributed by atoms with Crippen molar-refractivity contribution in [3.8, 4) is 51.8 Å². The Labute approximate surface area is 245 Å². The van der Waals surface area contributed by atoms with Gasteiger partial charge in [-0.2, -0.15) is 10.5 Å². The second-order valence-corrected chi connectivity index (χ2v) is 10.6. The number of amides is 1. The number of hydrogen-bond acceptors (Lipinski definition) is 11. The molecule has 1 amide bonds. The molecule has 3 N–H and O–H groups in total. The minimum atomic E-state index is -0.229. The van der Waals surface area contributed by atoms with E-state index in [0.717, 1.165) is 16.8 Å². The molecule has 4 aromatic rings. The van der Waals surface area contributed by atoms with E-state index in [1.54, 1.807) is 12.1 Å². The highest BCUT2D eigenvalue weighted by molar-refractivity contribution is 7.99. The molecule has 2 heterocycles. The number of carbonyl (C=O) groups is 1. The highest BCUT2D eigenvalue weighted by atomic mass is 32.2. The molecule has 208 valence electrons. The van der Waals surface area contributed by atoms with E-state index in [-0.39, 0.29) is 29.3 Å². The smallest absolute Gasteiger partial charge is 0.226 e. The van der Waals surface area contributed by atoms with Crippen LogP contribution in [0.3, 0.4) is 0 Å². The van der Waals surface area contributed by atoms with Crippen LogP contribution in [0.1, 0.15) is 23.1 Å². The molecule has 0 bridgehead atoms. The minimum Gasteiger partial charge on any atom is -0.493 e. The number of nitrogens with zero attached hydrogens (tertiary/aromatic N) is 4. The number of nitrogens with two attached hydrogens (primary N) is 1. The lowest BCUT2D eigenvalue weighted by Gasteiger charge is -2.17. The van der Waals surface area contributed by atoms with Crippen molar-refractivity contribution in [3.05, 3.63) is 58.5 Å². The zero-order valence-electron chi connectivity index (χ0n) is 22.8. The van der Waals surface area contributed by atoms with Crippen LogP contribution in [0.2, 0.25) is 0 Å².